The van der Waals surface area contributed by atoms with Gasteiger partial charge in [0.1, 0.15) is 0 Å². The molecule has 1 aliphatic carbocycles. The summed E-state index contributed by atoms with van der Waals surface area (Å²) in [5.41, 5.74) is 1.74. The zero-order valence-corrected chi connectivity index (χ0v) is 16.1. The van der Waals surface area contributed by atoms with Gasteiger partial charge < -0.3 is 18.9 Å². The molecule has 1 aliphatic rings. The molecule has 0 atom stereocenters. The molecule has 1 aromatic heterocycles. The summed E-state index contributed by atoms with van der Waals surface area (Å²) in [6, 6.07) is 17.0. The van der Waals surface area contributed by atoms with E-state index in [9.17, 15) is 4.79 Å². The molecule has 0 N–H and O–H groups in total. The fourth-order valence-electron chi connectivity index (χ4n) is 3.42. The zero-order chi connectivity index (χ0) is 19.7. The Bertz CT molecular complexity index is 993. The van der Waals surface area contributed by atoms with Gasteiger partial charge in [0, 0.05) is 24.4 Å². The van der Waals surface area contributed by atoms with E-state index in [-0.39, 0.29) is 5.91 Å². The van der Waals surface area contributed by atoms with Gasteiger partial charge in [0.25, 0.3) is 0 Å². The molecule has 0 unspecified atom stereocenters. The molecular weight excluding hydrogens is 356 g/mol. The van der Waals surface area contributed by atoms with Crippen molar-refractivity contribution in [3.05, 3.63) is 60.3 Å². The van der Waals surface area contributed by atoms with Crippen LogP contribution in [0.2, 0.25) is 0 Å². The van der Waals surface area contributed by atoms with E-state index in [0.29, 0.717) is 23.0 Å². The van der Waals surface area contributed by atoms with Gasteiger partial charge in [-0.1, -0.05) is 23.4 Å². The Morgan fingerprint density at radius 3 is 2.39 bits per heavy atom. The summed E-state index contributed by atoms with van der Waals surface area (Å²) in [6.07, 6.45) is 1.53. The van der Waals surface area contributed by atoms with Crippen molar-refractivity contribution < 1.29 is 18.8 Å². The monoisotopic (exact) mass is 378 g/mol. The highest BCUT2D eigenvalue weighted by molar-refractivity contribution is 6.02. The summed E-state index contributed by atoms with van der Waals surface area (Å²) in [6.45, 7) is 0. The van der Waals surface area contributed by atoms with Crippen LogP contribution < -0.4 is 14.4 Å². The third-order valence-corrected chi connectivity index (χ3v) is 5.28. The molecule has 6 nitrogen and oxygen atoms in total. The SMILES string of the molecule is COc1ccc(-c2cc(C3(C(=O)N(C)c4ccccc4)CC3)no2)cc1OC. The van der Waals surface area contributed by atoms with E-state index >= 15 is 0 Å². The van der Waals surface area contributed by atoms with Gasteiger partial charge in [-0.3, -0.25) is 4.79 Å². The van der Waals surface area contributed by atoms with Gasteiger partial charge in [0.05, 0.1) is 25.3 Å². The van der Waals surface area contributed by atoms with Crippen molar-refractivity contribution in [2.24, 2.45) is 0 Å². The smallest absolute Gasteiger partial charge is 0.239 e. The lowest BCUT2D eigenvalue weighted by Gasteiger charge is -2.22. The minimum absolute atomic E-state index is 0.0332. The number of ether oxygens (including phenoxy) is 2. The van der Waals surface area contributed by atoms with Crippen LogP contribution in [-0.4, -0.2) is 32.3 Å². The average Bonchev–Trinajstić information content (AvgIpc) is 3.41. The standard InChI is InChI=1S/C22H22N2O4/c1-24(16-7-5-4-6-8-16)21(25)22(11-12-22)20-14-18(28-23-20)15-9-10-17(26-2)19(13-15)27-3/h4-10,13-14H,11-12H2,1-3H3. The van der Waals surface area contributed by atoms with Gasteiger partial charge in [-0.15, -0.1) is 0 Å². The number of aromatic nitrogens is 1. The third kappa shape index (κ3) is 3.01. The van der Waals surface area contributed by atoms with Crippen LogP contribution in [0.4, 0.5) is 5.69 Å². The normalized spacial score (nSPS) is 14.4. The number of carbonyl (C=O) groups is 1. The number of amides is 1. The molecule has 0 aliphatic heterocycles. The Morgan fingerprint density at radius 1 is 1.04 bits per heavy atom. The Labute approximate surface area is 163 Å². The second-order valence-electron chi connectivity index (χ2n) is 6.93. The number of anilines is 1. The minimum atomic E-state index is -0.608. The molecule has 28 heavy (non-hydrogen) atoms. The van der Waals surface area contributed by atoms with Crippen molar-refractivity contribution in [1.82, 2.24) is 5.16 Å². The van der Waals surface area contributed by atoms with E-state index in [2.05, 4.69) is 5.16 Å². The third-order valence-electron chi connectivity index (χ3n) is 5.28. The molecular formula is C22H22N2O4. The van der Waals surface area contributed by atoms with Crippen LogP contribution in [0.3, 0.4) is 0 Å². The van der Waals surface area contributed by atoms with Crippen LogP contribution in [0, 0.1) is 0 Å². The summed E-state index contributed by atoms with van der Waals surface area (Å²) in [7, 11) is 4.98. The average molecular weight is 378 g/mol. The first-order chi connectivity index (χ1) is 13.6. The van der Waals surface area contributed by atoms with Crippen LogP contribution in [0.15, 0.2) is 59.1 Å². The minimum Gasteiger partial charge on any atom is -0.493 e. The quantitative estimate of drug-likeness (QED) is 0.647. The van der Waals surface area contributed by atoms with Crippen molar-refractivity contribution in [2.75, 3.05) is 26.2 Å². The summed E-state index contributed by atoms with van der Waals surface area (Å²) in [5.74, 6) is 1.88. The number of para-hydroxylation sites is 1. The number of nitrogens with zero attached hydrogens (tertiary/aromatic N) is 2. The number of carbonyl (C=O) groups excluding carboxylic acids is 1. The highest BCUT2D eigenvalue weighted by Gasteiger charge is 2.55. The molecule has 1 fully saturated rings. The highest BCUT2D eigenvalue weighted by atomic mass is 16.5. The molecule has 0 saturated heterocycles. The molecule has 6 heteroatoms. The van der Waals surface area contributed by atoms with Crippen LogP contribution in [-0.2, 0) is 10.2 Å². The van der Waals surface area contributed by atoms with E-state index in [1.54, 1.807) is 26.2 Å². The molecule has 1 heterocycles. The Hall–Kier alpha value is -3.28. The molecule has 144 valence electrons. The topological polar surface area (TPSA) is 64.8 Å². The second-order valence-corrected chi connectivity index (χ2v) is 6.93. The number of hydrogen-bond donors (Lipinski definition) is 0. The van der Waals surface area contributed by atoms with Gasteiger partial charge in [-0.05, 0) is 43.2 Å². The molecule has 4 rings (SSSR count). The Kier molecular flexibility index (Phi) is 4.55. The van der Waals surface area contributed by atoms with Crippen LogP contribution in [0.5, 0.6) is 11.5 Å². The predicted octanol–water partition coefficient (Wildman–Crippen LogP) is 4.05. The van der Waals surface area contributed by atoms with Gasteiger partial charge in [0.2, 0.25) is 5.91 Å². The summed E-state index contributed by atoms with van der Waals surface area (Å²) >= 11 is 0. The molecule has 1 saturated carbocycles. The van der Waals surface area contributed by atoms with E-state index in [4.69, 9.17) is 14.0 Å². The second kappa shape index (κ2) is 7.03. The maximum atomic E-state index is 13.2. The number of rotatable bonds is 6. The van der Waals surface area contributed by atoms with Gasteiger partial charge in [-0.25, -0.2) is 0 Å². The fourth-order valence-corrected chi connectivity index (χ4v) is 3.42. The fraction of sp³-hybridized carbons (Fsp3) is 0.273. The van der Waals surface area contributed by atoms with Crippen LogP contribution in [0.1, 0.15) is 18.5 Å². The van der Waals surface area contributed by atoms with Gasteiger partial charge in [0.15, 0.2) is 17.3 Å². The number of methoxy groups -OCH3 is 2. The van der Waals surface area contributed by atoms with Crippen LogP contribution in [0.25, 0.3) is 11.3 Å². The van der Waals surface area contributed by atoms with Crippen molar-refractivity contribution in [3.63, 3.8) is 0 Å². The maximum absolute atomic E-state index is 13.2. The molecule has 0 radical (unpaired) electrons. The summed E-state index contributed by atoms with van der Waals surface area (Å²) in [4.78, 5) is 14.9. The molecule has 0 bridgehead atoms. The first kappa shape index (κ1) is 18.1. The van der Waals surface area contributed by atoms with E-state index in [0.717, 1.165) is 24.1 Å². The number of likely N-dealkylation sites (N-methyl/N-ethyl adjacent to an activating group) is 1. The first-order valence-electron chi connectivity index (χ1n) is 9.12. The van der Waals surface area contributed by atoms with Gasteiger partial charge in [-0.2, -0.15) is 0 Å². The van der Waals surface area contributed by atoms with Crippen LogP contribution >= 0.6 is 0 Å². The molecule has 3 aromatic rings. The largest absolute Gasteiger partial charge is 0.493 e. The predicted molar refractivity (Wildman–Crippen MR) is 106 cm³/mol. The Balaban J connectivity index is 1.61. The number of benzene rings is 2. The zero-order valence-electron chi connectivity index (χ0n) is 16.1. The van der Waals surface area contributed by atoms with Crippen molar-refractivity contribution in [2.45, 2.75) is 18.3 Å². The molecule has 2 aromatic carbocycles. The Morgan fingerprint density at radius 2 is 1.75 bits per heavy atom. The van der Waals surface area contributed by atoms with Gasteiger partial charge >= 0.3 is 0 Å². The maximum Gasteiger partial charge on any atom is 0.239 e. The van der Waals surface area contributed by atoms with Crippen molar-refractivity contribution >= 4 is 11.6 Å². The van der Waals surface area contributed by atoms with E-state index in [1.807, 2.05) is 54.6 Å². The first-order valence-corrected chi connectivity index (χ1v) is 9.12. The highest BCUT2D eigenvalue weighted by Crippen LogP contribution is 2.50. The number of hydrogen-bond acceptors (Lipinski definition) is 5. The van der Waals surface area contributed by atoms with Crippen molar-refractivity contribution in [1.29, 1.82) is 0 Å². The molecule has 0 spiro atoms. The lowest BCUT2D eigenvalue weighted by molar-refractivity contribution is -0.120. The molecule has 1 amide bonds. The van der Waals surface area contributed by atoms with E-state index < -0.39 is 5.41 Å². The van der Waals surface area contributed by atoms with E-state index in [1.165, 1.54) is 0 Å². The van der Waals surface area contributed by atoms with Crippen molar-refractivity contribution in [3.8, 4) is 22.8 Å². The lowest BCUT2D eigenvalue weighted by Crippen LogP contribution is -2.36. The lowest BCUT2D eigenvalue weighted by atomic mass is 9.99. The summed E-state index contributed by atoms with van der Waals surface area (Å²) in [5, 5.41) is 4.23. The summed E-state index contributed by atoms with van der Waals surface area (Å²) < 4.78 is 16.2.